The van der Waals surface area contributed by atoms with Crippen LogP contribution in [0.15, 0.2) is 36.7 Å². The fourth-order valence-corrected chi connectivity index (χ4v) is 4.77. The van der Waals surface area contributed by atoms with Crippen molar-refractivity contribution in [2.45, 2.75) is 19.6 Å². The summed E-state index contributed by atoms with van der Waals surface area (Å²) in [6.07, 6.45) is 3.60. The largest absolute Gasteiger partial charge is 0.376 e. The van der Waals surface area contributed by atoms with Gasteiger partial charge in [0.25, 0.3) is 5.91 Å². The molecule has 0 unspecified atom stereocenters. The lowest BCUT2D eigenvalue weighted by Crippen LogP contribution is -2.34. The van der Waals surface area contributed by atoms with Gasteiger partial charge in [-0.3, -0.25) is 14.7 Å². The summed E-state index contributed by atoms with van der Waals surface area (Å²) in [6.45, 7) is 6.63. The highest BCUT2D eigenvalue weighted by Gasteiger charge is 2.43. The Kier molecular flexibility index (Phi) is 4.83. The molecule has 2 aromatic heterocycles. The summed E-state index contributed by atoms with van der Waals surface area (Å²) in [4.78, 5) is 21.4. The van der Waals surface area contributed by atoms with Gasteiger partial charge in [-0.2, -0.15) is 0 Å². The summed E-state index contributed by atoms with van der Waals surface area (Å²) < 4.78 is 6.00. The number of likely N-dealkylation sites (tertiary alicyclic amines) is 1. The highest BCUT2D eigenvalue weighted by Crippen LogP contribution is 2.34. The maximum atomic E-state index is 12.2. The van der Waals surface area contributed by atoms with E-state index < -0.39 is 0 Å². The normalized spacial score (nSPS) is 25.9. The first-order valence-corrected chi connectivity index (χ1v) is 9.58. The van der Waals surface area contributed by atoms with Gasteiger partial charge >= 0.3 is 0 Å². The molecule has 1 amide bonds. The third kappa shape index (κ3) is 3.76. The van der Waals surface area contributed by atoms with E-state index in [4.69, 9.17) is 4.74 Å². The highest BCUT2D eigenvalue weighted by atomic mass is 32.1. The van der Waals surface area contributed by atoms with Crippen LogP contribution < -0.4 is 5.32 Å². The molecule has 3 atom stereocenters. The first-order chi connectivity index (χ1) is 12.2. The number of aryl methyl sites for hydroxylation is 1. The van der Waals surface area contributed by atoms with Crippen molar-refractivity contribution in [3.8, 4) is 0 Å². The Morgan fingerprint density at radius 1 is 1.32 bits per heavy atom. The van der Waals surface area contributed by atoms with Crippen molar-refractivity contribution in [2.75, 3.05) is 26.2 Å². The Labute approximate surface area is 152 Å². The molecule has 0 radical (unpaired) electrons. The van der Waals surface area contributed by atoms with E-state index in [2.05, 4.69) is 34.3 Å². The van der Waals surface area contributed by atoms with Crippen molar-refractivity contribution in [2.24, 2.45) is 11.8 Å². The minimum atomic E-state index is -0.0326. The van der Waals surface area contributed by atoms with Crippen LogP contribution in [0, 0.1) is 18.8 Å². The van der Waals surface area contributed by atoms with Gasteiger partial charge in [-0.15, -0.1) is 11.3 Å². The molecule has 1 N–H and O–H groups in total. The number of carbonyl (C=O) groups is 1. The molecule has 2 fully saturated rings. The molecular formula is C19H23N3O2S. The van der Waals surface area contributed by atoms with Gasteiger partial charge in [0, 0.05) is 65.7 Å². The number of thiophene rings is 1. The predicted octanol–water partition coefficient (Wildman–Crippen LogP) is 2.33. The van der Waals surface area contributed by atoms with E-state index in [1.54, 1.807) is 24.5 Å². The van der Waals surface area contributed by atoms with Crippen molar-refractivity contribution >= 4 is 17.2 Å². The van der Waals surface area contributed by atoms with Gasteiger partial charge in [-0.1, -0.05) is 0 Å². The molecule has 5 nitrogen and oxygen atoms in total. The van der Waals surface area contributed by atoms with Gasteiger partial charge in [0.2, 0.25) is 0 Å². The number of fused-ring (bicyclic) bond motifs is 1. The first-order valence-electron chi connectivity index (χ1n) is 8.76. The van der Waals surface area contributed by atoms with Crippen molar-refractivity contribution < 1.29 is 9.53 Å². The van der Waals surface area contributed by atoms with E-state index in [-0.39, 0.29) is 5.91 Å². The minimum Gasteiger partial charge on any atom is -0.376 e. The quantitative estimate of drug-likeness (QED) is 0.892. The molecule has 0 aliphatic carbocycles. The van der Waals surface area contributed by atoms with Gasteiger partial charge in [-0.25, -0.2) is 0 Å². The van der Waals surface area contributed by atoms with Crippen molar-refractivity contribution in [1.29, 1.82) is 0 Å². The number of hydrogen-bond donors (Lipinski definition) is 1. The smallest absolute Gasteiger partial charge is 0.251 e. The predicted molar refractivity (Wildman–Crippen MR) is 97.6 cm³/mol. The number of ether oxygens (including phenoxy) is 1. The fraction of sp³-hybridized carbons (Fsp3) is 0.474. The molecule has 0 saturated carbocycles. The second-order valence-corrected chi connectivity index (χ2v) is 8.32. The summed E-state index contributed by atoms with van der Waals surface area (Å²) in [6, 6.07) is 7.89. The standard InChI is InChI=1S/C19H23N3O2S/c1-13-2-3-16(25-13)9-22-10-17-15(12-24-18(17)11-22)8-21-19(23)14-4-6-20-7-5-14/h2-7,15,17-18H,8-12H2,1H3,(H,21,23)/t15-,17+,18+/m0/s1. The van der Waals surface area contributed by atoms with E-state index in [0.717, 1.165) is 26.2 Å². The zero-order chi connectivity index (χ0) is 17.2. The summed E-state index contributed by atoms with van der Waals surface area (Å²) in [5, 5.41) is 3.06. The molecule has 6 heteroatoms. The number of hydrogen-bond acceptors (Lipinski definition) is 5. The Hall–Kier alpha value is -1.76. The van der Waals surface area contributed by atoms with Crippen molar-refractivity contribution in [1.82, 2.24) is 15.2 Å². The Morgan fingerprint density at radius 2 is 2.16 bits per heavy atom. The van der Waals surface area contributed by atoms with E-state index in [1.165, 1.54) is 9.75 Å². The number of rotatable bonds is 5. The van der Waals surface area contributed by atoms with E-state index in [1.807, 2.05) is 11.3 Å². The lowest BCUT2D eigenvalue weighted by molar-refractivity contribution is 0.0904. The Morgan fingerprint density at radius 3 is 2.92 bits per heavy atom. The van der Waals surface area contributed by atoms with Crippen LogP contribution >= 0.6 is 11.3 Å². The molecule has 4 heterocycles. The third-order valence-corrected chi connectivity index (χ3v) is 6.14. The minimum absolute atomic E-state index is 0.0326. The van der Waals surface area contributed by atoms with Gasteiger partial charge in [-0.05, 0) is 31.2 Å². The summed E-state index contributed by atoms with van der Waals surface area (Å²) >= 11 is 1.87. The Balaban J connectivity index is 1.30. The zero-order valence-electron chi connectivity index (χ0n) is 14.4. The monoisotopic (exact) mass is 357 g/mol. The molecule has 2 saturated heterocycles. The SMILES string of the molecule is Cc1ccc(CN2C[C@@H]3[C@@H](CNC(=O)c4ccncc4)CO[C@@H]3C2)s1. The number of carbonyl (C=O) groups excluding carboxylic acids is 1. The molecule has 0 spiro atoms. The molecule has 2 aliphatic rings. The van der Waals surface area contributed by atoms with Crippen LogP contribution in [-0.2, 0) is 11.3 Å². The van der Waals surface area contributed by atoms with Gasteiger partial charge in [0.1, 0.15) is 0 Å². The lowest BCUT2D eigenvalue weighted by atomic mass is 9.93. The molecule has 0 bridgehead atoms. The van der Waals surface area contributed by atoms with Gasteiger partial charge < -0.3 is 10.1 Å². The number of nitrogens with one attached hydrogen (secondary N) is 1. The average Bonchev–Trinajstić information content (AvgIpc) is 3.30. The number of pyridine rings is 1. The maximum absolute atomic E-state index is 12.2. The van der Waals surface area contributed by atoms with E-state index in [0.29, 0.717) is 30.0 Å². The third-order valence-electron chi connectivity index (χ3n) is 5.16. The van der Waals surface area contributed by atoms with Crippen LogP contribution in [0.3, 0.4) is 0 Å². The fourth-order valence-electron chi connectivity index (χ4n) is 3.84. The van der Waals surface area contributed by atoms with E-state index >= 15 is 0 Å². The van der Waals surface area contributed by atoms with Crippen molar-refractivity contribution in [3.05, 3.63) is 52.0 Å². The zero-order valence-corrected chi connectivity index (χ0v) is 15.2. The number of amides is 1. The maximum Gasteiger partial charge on any atom is 0.251 e. The Bertz CT molecular complexity index is 733. The van der Waals surface area contributed by atoms with Crippen LogP contribution in [0.1, 0.15) is 20.1 Å². The average molecular weight is 357 g/mol. The van der Waals surface area contributed by atoms with E-state index in [9.17, 15) is 4.79 Å². The van der Waals surface area contributed by atoms with Gasteiger partial charge in [0.05, 0.1) is 12.7 Å². The summed E-state index contributed by atoms with van der Waals surface area (Å²) in [7, 11) is 0. The number of aromatic nitrogens is 1. The van der Waals surface area contributed by atoms with Crippen LogP contribution in [-0.4, -0.2) is 48.1 Å². The molecule has 132 valence electrons. The molecular weight excluding hydrogens is 334 g/mol. The van der Waals surface area contributed by atoms with Crippen LogP contribution in [0.4, 0.5) is 0 Å². The van der Waals surface area contributed by atoms with Crippen LogP contribution in [0.25, 0.3) is 0 Å². The molecule has 25 heavy (non-hydrogen) atoms. The molecule has 0 aromatic carbocycles. The van der Waals surface area contributed by atoms with Gasteiger partial charge in [0.15, 0.2) is 0 Å². The highest BCUT2D eigenvalue weighted by molar-refractivity contribution is 7.11. The van der Waals surface area contributed by atoms with Crippen LogP contribution in [0.5, 0.6) is 0 Å². The first kappa shape index (κ1) is 16.7. The molecule has 2 aliphatic heterocycles. The molecule has 2 aromatic rings. The lowest BCUT2D eigenvalue weighted by Gasteiger charge is -2.19. The summed E-state index contributed by atoms with van der Waals surface area (Å²) in [5.41, 5.74) is 0.659. The van der Waals surface area contributed by atoms with Crippen LogP contribution in [0.2, 0.25) is 0 Å². The number of nitrogens with zero attached hydrogens (tertiary/aromatic N) is 2. The summed E-state index contributed by atoms with van der Waals surface area (Å²) in [5.74, 6) is 0.874. The van der Waals surface area contributed by atoms with Crippen molar-refractivity contribution in [3.63, 3.8) is 0 Å². The molecule has 4 rings (SSSR count). The topological polar surface area (TPSA) is 54.5 Å². The second-order valence-electron chi connectivity index (χ2n) is 6.95. The second kappa shape index (κ2) is 7.23.